The smallest absolute Gasteiger partial charge is 0.282 e. The van der Waals surface area contributed by atoms with Gasteiger partial charge in [-0.05, 0) is 24.8 Å². The van der Waals surface area contributed by atoms with Crippen molar-refractivity contribution in [3.8, 4) is 0 Å². The van der Waals surface area contributed by atoms with Crippen molar-refractivity contribution < 1.29 is 9.72 Å². The lowest BCUT2D eigenvalue weighted by Gasteiger charge is -2.09. The monoisotopic (exact) mass is 268 g/mol. The summed E-state index contributed by atoms with van der Waals surface area (Å²) in [5.41, 5.74) is -0.116. The maximum absolute atomic E-state index is 11.8. The highest BCUT2D eigenvalue weighted by molar-refractivity contribution is 6.21. The van der Waals surface area contributed by atoms with E-state index in [2.05, 4.69) is 5.32 Å². The van der Waals surface area contributed by atoms with Crippen LogP contribution in [0.1, 0.15) is 23.2 Å². The normalized spacial score (nSPS) is 16.1. The van der Waals surface area contributed by atoms with Crippen LogP contribution in [0, 0.1) is 16.0 Å². The number of nitrogens with zero attached hydrogens (tertiary/aromatic N) is 1. The maximum Gasteiger partial charge on any atom is 0.282 e. The van der Waals surface area contributed by atoms with Crippen LogP contribution >= 0.6 is 11.6 Å². The Balaban J connectivity index is 2.01. The molecule has 1 aliphatic carbocycles. The van der Waals surface area contributed by atoms with Crippen LogP contribution < -0.4 is 5.32 Å². The molecule has 0 bridgehead atoms. The van der Waals surface area contributed by atoms with Crippen molar-refractivity contribution in [1.29, 1.82) is 0 Å². The minimum Gasteiger partial charge on any atom is -0.350 e. The molecule has 0 heterocycles. The Morgan fingerprint density at radius 3 is 2.78 bits per heavy atom. The Labute approximate surface area is 109 Å². The van der Waals surface area contributed by atoms with E-state index in [0.717, 1.165) is 12.8 Å². The molecule has 1 amide bonds. The first kappa shape index (κ1) is 12.8. The number of amides is 1. The van der Waals surface area contributed by atoms with E-state index in [-0.39, 0.29) is 16.6 Å². The molecule has 0 spiro atoms. The summed E-state index contributed by atoms with van der Waals surface area (Å²) in [5.74, 6) is 0.0197. The lowest BCUT2D eigenvalue weighted by Crippen LogP contribution is -2.31. The zero-order valence-electron chi connectivity index (χ0n) is 9.64. The van der Waals surface area contributed by atoms with Gasteiger partial charge in [-0.3, -0.25) is 14.9 Å². The van der Waals surface area contributed by atoms with Crippen molar-refractivity contribution in [2.24, 2.45) is 5.92 Å². The molecule has 1 saturated carbocycles. The van der Waals surface area contributed by atoms with Gasteiger partial charge in [0.25, 0.3) is 11.6 Å². The number of hydrogen-bond acceptors (Lipinski definition) is 3. The molecule has 2 rings (SSSR count). The van der Waals surface area contributed by atoms with E-state index in [0.29, 0.717) is 12.5 Å². The molecule has 1 aromatic carbocycles. The number of nitrogens with one attached hydrogen (secondary N) is 1. The van der Waals surface area contributed by atoms with Crippen LogP contribution in [0.25, 0.3) is 0 Å². The molecule has 1 N–H and O–H groups in total. The Kier molecular flexibility index (Phi) is 3.81. The Bertz CT molecular complexity index is 474. The van der Waals surface area contributed by atoms with Crippen molar-refractivity contribution in [2.75, 3.05) is 6.54 Å². The second kappa shape index (κ2) is 5.35. The fourth-order valence-electron chi connectivity index (χ4n) is 1.73. The van der Waals surface area contributed by atoms with Crippen LogP contribution in [-0.4, -0.2) is 22.8 Å². The van der Waals surface area contributed by atoms with Gasteiger partial charge in [-0.25, -0.2) is 0 Å². The predicted molar refractivity (Wildman–Crippen MR) is 67.8 cm³/mol. The van der Waals surface area contributed by atoms with Gasteiger partial charge in [-0.15, -0.1) is 11.6 Å². The third-order valence-corrected chi connectivity index (χ3v) is 3.45. The zero-order valence-corrected chi connectivity index (χ0v) is 10.4. The van der Waals surface area contributed by atoms with E-state index >= 15 is 0 Å². The quantitative estimate of drug-likeness (QED) is 0.506. The SMILES string of the molecule is O=C(NCC(Cl)C1CC1)c1ccccc1[N+](=O)[O-]. The summed E-state index contributed by atoms with van der Waals surface area (Å²) in [5, 5.41) is 13.3. The number of benzene rings is 1. The molecule has 0 saturated heterocycles. The average Bonchev–Trinajstić information content (AvgIpc) is 3.19. The molecular weight excluding hydrogens is 256 g/mol. The highest BCUT2D eigenvalue weighted by Crippen LogP contribution is 2.35. The molecule has 1 unspecified atom stereocenters. The first-order valence-electron chi connectivity index (χ1n) is 5.75. The van der Waals surface area contributed by atoms with E-state index in [4.69, 9.17) is 11.6 Å². The zero-order chi connectivity index (χ0) is 13.1. The number of hydrogen-bond donors (Lipinski definition) is 1. The summed E-state index contributed by atoms with van der Waals surface area (Å²) in [6.45, 7) is 0.344. The summed E-state index contributed by atoms with van der Waals surface area (Å²) in [4.78, 5) is 22.1. The van der Waals surface area contributed by atoms with Crippen molar-refractivity contribution in [3.63, 3.8) is 0 Å². The number of para-hydroxylation sites is 1. The molecule has 6 heteroatoms. The first-order valence-corrected chi connectivity index (χ1v) is 6.19. The third-order valence-electron chi connectivity index (χ3n) is 2.94. The maximum atomic E-state index is 11.8. The topological polar surface area (TPSA) is 72.2 Å². The molecule has 0 aromatic heterocycles. The molecule has 1 aliphatic rings. The highest BCUT2D eigenvalue weighted by atomic mass is 35.5. The van der Waals surface area contributed by atoms with Gasteiger partial charge in [0.05, 0.1) is 10.3 Å². The fraction of sp³-hybridized carbons (Fsp3) is 0.417. The summed E-state index contributed by atoms with van der Waals surface area (Å²) < 4.78 is 0. The van der Waals surface area contributed by atoms with Crippen LogP contribution in [0.15, 0.2) is 24.3 Å². The van der Waals surface area contributed by atoms with Gasteiger partial charge in [-0.1, -0.05) is 12.1 Å². The van der Waals surface area contributed by atoms with E-state index in [1.807, 2.05) is 0 Å². The predicted octanol–water partition coefficient (Wildman–Crippen LogP) is 2.34. The molecule has 96 valence electrons. The molecule has 0 radical (unpaired) electrons. The summed E-state index contributed by atoms with van der Waals surface area (Å²) >= 11 is 6.06. The van der Waals surface area contributed by atoms with Crippen LogP contribution in [0.2, 0.25) is 0 Å². The van der Waals surface area contributed by atoms with Crippen LogP contribution in [-0.2, 0) is 0 Å². The Morgan fingerprint density at radius 2 is 2.17 bits per heavy atom. The highest BCUT2D eigenvalue weighted by Gasteiger charge is 2.30. The van der Waals surface area contributed by atoms with E-state index in [1.165, 1.54) is 18.2 Å². The summed E-state index contributed by atoms with van der Waals surface area (Å²) in [7, 11) is 0. The molecule has 18 heavy (non-hydrogen) atoms. The fourth-order valence-corrected chi connectivity index (χ4v) is 2.06. The number of nitro benzene ring substituents is 1. The van der Waals surface area contributed by atoms with Crippen molar-refractivity contribution >= 4 is 23.2 Å². The molecule has 1 aromatic rings. The van der Waals surface area contributed by atoms with Gasteiger partial charge in [0.2, 0.25) is 0 Å². The minimum absolute atomic E-state index is 0.0714. The summed E-state index contributed by atoms with van der Waals surface area (Å²) in [6.07, 6.45) is 2.19. The number of carbonyl (C=O) groups is 1. The molecular formula is C12H13ClN2O3. The van der Waals surface area contributed by atoms with Crippen LogP contribution in [0.5, 0.6) is 0 Å². The van der Waals surface area contributed by atoms with E-state index in [1.54, 1.807) is 6.07 Å². The molecule has 1 fully saturated rings. The first-order chi connectivity index (χ1) is 8.59. The summed E-state index contributed by atoms with van der Waals surface area (Å²) in [6, 6.07) is 5.88. The van der Waals surface area contributed by atoms with Crippen LogP contribution in [0.4, 0.5) is 5.69 Å². The number of carbonyl (C=O) groups excluding carboxylic acids is 1. The number of halogens is 1. The van der Waals surface area contributed by atoms with Crippen molar-refractivity contribution in [1.82, 2.24) is 5.32 Å². The Morgan fingerprint density at radius 1 is 1.50 bits per heavy atom. The van der Waals surface area contributed by atoms with Gasteiger partial charge in [-0.2, -0.15) is 0 Å². The number of rotatable bonds is 5. The molecule has 5 nitrogen and oxygen atoms in total. The largest absolute Gasteiger partial charge is 0.350 e. The van der Waals surface area contributed by atoms with Crippen molar-refractivity contribution in [3.05, 3.63) is 39.9 Å². The van der Waals surface area contributed by atoms with Gasteiger partial charge in [0.1, 0.15) is 5.56 Å². The molecule has 0 aliphatic heterocycles. The van der Waals surface area contributed by atoms with Gasteiger partial charge in [0.15, 0.2) is 0 Å². The molecule has 1 atom stereocenters. The second-order valence-corrected chi connectivity index (χ2v) is 4.90. The van der Waals surface area contributed by atoms with E-state index < -0.39 is 10.8 Å². The Hall–Kier alpha value is -1.62. The lowest BCUT2D eigenvalue weighted by atomic mass is 10.1. The minimum atomic E-state index is -0.562. The van der Waals surface area contributed by atoms with E-state index in [9.17, 15) is 14.9 Å². The second-order valence-electron chi connectivity index (χ2n) is 4.34. The van der Waals surface area contributed by atoms with Crippen molar-refractivity contribution in [2.45, 2.75) is 18.2 Å². The van der Waals surface area contributed by atoms with Gasteiger partial charge < -0.3 is 5.32 Å². The third kappa shape index (κ3) is 2.98. The number of nitro groups is 1. The number of alkyl halides is 1. The van der Waals surface area contributed by atoms with Crippen LogP contribution in [0.3, 0.4) is 0 Å². The average molecular weight is 269 g/mol. The van der Waals surface area contributed by atoms with Gasteiger partial charge in [0, 0.05) is 12.6 Å². The van der Waals surface area contributed by atoms with Gasteiger partial charge >= 0.3 is 0 Å². The standard InChI is InChI=1S/C12H13ClN2O3/c13-10(8-5-6-8)7-14-12(16)9-3-1-2-4-11(9)15(17)18/h1-4,8,10H,5-7H2,(H,14,16). The lowest BCUT2D eigenvalue weighted by molar-refractivity contribution is -0.385.